The highest BCUT2D eigenvalue weighted by molar-refractivity contribution is 5.74. The Bertz CT molecular complexity index is 1880. The van der Waals surface area contributed by atoms with Crippen LogP contribution < -0.4 is 0 Å². The van der Waals surface area contributed by atoms with Gasteiger partial charge in [0.15, 0.2) is 0 Å². The van der Waals surface area contributed by atoms with Crippen LogP contribution >= 0.6 is 0 Å². The number of carbonyl (C=O) groups excluding carboxylic acids is 2. The fourth-order valence-corrected chi connectivity index (χ4v) is 9.20. The number of amides is 2. The number of hydrogen-bond donors (Lipinski definition) is 2. The summed E-state index contributed by atoms with van der Waals surface area (Å²) in [5, 5.41) is 0. The zero-order valence-electron chi connectivity index (χ0n) is 31.6. The van der Waals surface area contributed by atoms with Crippen LogP contribution in [0.5, 0.6) is 0 Å². The molecule has 2 amide bonds. The van der Waals surface area contributed by atoms with Crippen molar-refractivity contribution >= 4 is 12.2 Å². The SMILES string of the molecule is Cc1cc(-c2cnc(C3[C@H]4CC[C@H](C4)N3C(=O)OC(C)(C)C)[nH]2)ccc1-c1ncc(-c2cnc([C@@H]3[C@H]4CC[C@H](C4)N3C(=O)OC(C)(C)C)[nH]2)cc1C. The third-order valence-corrected chi connectivity index (χ3v) is 11.3. The van der Waals surface area contributed by atoms with Crippen molar-refractivity contribution in [2.75, 3.05) is 0 Å². The fraction of sp³-hybridized carbons (Fsp3) is 0.537. The van der Waals surface area contributed by atoms with E-state index in [9.17, 15) is 9.59 Å². The van der Waals surface area contributed by atoms with Crippen molar-refractivity contribution in [3.8, 4) is 33.8 Å². The van der Waals surface area contributed by atoms with E-state index in [2.05, 4.69) is 48.1 Å². The first-order chi connectivity index (χ1) is 24.6. The van der Waals surface area contributed by atoms with Crippen LogP contribution in [0.1, 0.15) is 115 Å². The van der Waals surface area contributed by atoms with Gasteiger partial charge in [-0.25, -0.2) is 19.6 Å². The second kappa shape index (κ2) is 12.5. The number of benzene rings is 1. The molecule has 4 fully saturated rings. The van der Waals surface area contributed by atoms with Crippen molar-refractivity contribution in [3.63, 3.8) is 0 Å². The van der Waals surface area contributed by atoms with E-state index in [1.807, 2.05) is 69.9 Å². The molecule has 1 unspecified atom stereocenters. The maximum Gasteiger partial charge on any atom is 0.411 e. The Hall–Kier alpha value is -4.67. The molecule has 5 heterocycles. The molecule has 2 aliphatic carbocycles. The van der Waals surface area contributed by atoms with Gasteiger partial charge in [-0.3, -0.25) is 14.8 Å². The summed E-state index contributed by atoms with van der Waals surface area (Å²) in [5.41, 5.74) is 6.85. The van der Waals surface area contributed by atoms with Gasteiger partial charge in [0.05, 0.1) is 41.6 Å². The molecule has 8 rings (SSSR count). The van der Waals surface area contributed by atoms with Crippen molar-refractivity contribution < 1.29 is 19.1 Å². The van der Waals surface area contributed by atoms with Gasteiger partial charge in [-0.1, -0.05) is 12.1 Å². The number of piperidine rings is 2. The second-order valence-corrected chi connectivity index (χ2v) is 17.4. The van der Waals surface area contributed by atoms with E-state index < -0.39 is 11.2 Å². The lowest BCUT2D eigenvalue weighted by atomic mass is 9.97. The summed E-state index contributed by atoms with van der Waals surface area (Å²) >= 11 is 0. The van der Waals surface area contributed by atoms with Crippen molar-refractivity contribution in [2.24, 2.45) is 11.8 Å². The number of imidazole rings is 2. The molecule has 4 aromatic rings. The van der Waals surface area contributed by atoms with Gasteiger partial charge in [0.25, 0.3) is 0 Å². The fourth-order valence-electron chi connectivity index (χ4n) is 9.20. The van der Waals surface area contributed by atoms with Crippen LogP contribution in [0, 0.1) is 25.7 Å². The number of aryl methyl sites for hydroxylation is 2. The van der Waals surface area contributed by atoms with E-state index in [0.717, 1.165) is 95.1 Å². The Labute approximate surface area is 305 Å². The van der Waals surface area contributed by atoms with Crippen LogP contribution in [0.25, 0.3) is 33.8 Å². The van der Waals surface area contributed by atoms with E-state index in [-0.39, 0.29) is 36.4 Å². The molecule has 2 aliphatic heterocycles. The molecule has 3 aromatic heterocycles. The first kappa shape index (κ1) is 34.4. The Balaban J connectivity index is 0.996. The van der Waals surface area contributed by atoms with E-state index in [0.29, 0.717) is 11.8 Å². The quantitative estimate of drug-likeness (QED) is 0.212. The molecule has 2 saturated heterocycles. The number of aromatic amines is 2. The number of carbonyl (C=O) groups is 2. The van der Waals surface area contributed by atoms with Crippen LogP contribution in [-0.2, 0) is 9.47 Å². The van der Waals surface area contributed by atoms with Crippen molar-refractivity contribution in [1.29, 1.82) is 0 Å². The highest BCUT2D eigenvalue weighted by Crippen LogP contribution is 2.51. The lowest BCUT2D eigenvalue weighted by Gasteiger charge is -2.35. The van der Waals surface area contributed by atoms with Crippen LogP contribution in [0.4, 0.5) is 9.59 Å². The summed E-state index contributed by atoms with van der Waals surface area (Å²) in [5.74, 6) is 2.39. The molecule has 11 heteroatoms. The first-order valence-corrected chi connectivity index (χ1v) is 18.8. The second-order valence-electron chi connectivity index (χ2n) is 17.4. The summed E-state index contributed by atoms with van der Waals surface area (Å²) in [6.07, 6.45) is 11.3. The van der Waals surface area contributed by atoms with Crippen molar-refractivity contribution in [2.45, 2.75) is 129 Å². The monoisotopic (exact) mass is 705 g/mol. The molecule has 0 spiro atoms. The van der Waals surface area contributed by atoms with Gasteiger partial charge in [0, 0.05) is 29.4 Å². The normalized spacial score (nSPS) is 25.3. The van der Waals surface area contributed by atoms with Crippen LogP contribution in [0.15, 0.2) is 42.9 Å². The summed E-state index contributed by atoms with van der Waals surface area (Å²) in [4.78, 5) is 52.0. The number of nitrogens with one attached hydrogen (secondary N) is 2. The lowest BCUT2D eigenvalue weighted by molar-refractivity contribution is 0.00523. The Kier molecular flexibility index (Phi) is 8.26. The standard InChI is InChI=1S/C41H51N7O4/c1-22-15-24(31-20-43-36(45-31)34-25-9-12-28(17-25)47(34)38(49)51-40(3,4)5)11-14-30(22)33-23(2)16-27(19-42-33)32-21-44-37(46-32)35-26-10-13-29(18-26)48(35)39(50)52-41(6,7)8/h11,14-16,19-21,25-26,28-29,34-35H,9-10,12-13,17-18H2,1-8H3,(H,43,45)(H,44,46)/t25-,26-,28+,29+,34?,35-/m0/s1. The number of H-pyrrole nitrogens is 2. The number of likely N-dealkylation sites (tertiary alicyclic amines) is 2. The van der Waals surface area contributed by atoms with Crippen LogP contribution in [0.2, 0.25) is 0 Å². The molecule has 0 radical (unpaired) electrons. The number of nitrogens with zero attached hydrogens (tertiary/aromatic N) is 5. The lowest BCUT2D eigenvalue weighted by Crippen LogP contribution is -2.43. The van der Waals surface area contributed by atoms with Crippen LogP contribution in [-0.4, -0.2) is 70.2 Å². The first-order valence-electron chi connectivity index (χ1n) is 18.8. The Morgan fingerprint density at radius 1 is 0.673 bits per heavy atom. The minimum atomic E-state index is -0.550. The summed E-state index contributed by atoms with van der Waals surface area (Å²) < 4.78 is 11.6. The Morgan fingerprint density at radius 3 is 1.65 bits per heavy atom. The highest BCUT2D eigenvalue weighted by atomic mass is 16.6. The van der Waals surface area contributed by atoms with Gasteiger partial charge in [-0.05, 0) is 135 Å². The summed E-state index contributed by atoms with van der Waals surface area (Å²) in [6.45, 7) is 15.7. The van der Waals surface area contributed by atoms with Crippen molar-refractivity contribution in [1.82, 2.24) is 34.7 Å². The van der Waals surface area contributed by atoms with Gasteiger partial charge in [-0.2, -0.15) is 0 Å². The number of pyridine rings is 1. The maximum atomic E-state index is 13.2. The summed E-state index contributed by atoms with van der Waals surface area (Å²) in [7, 11) is 0. The molecule has 52 heavy (non-hydrogen) atoms. The van der Waals surface area contributed by atoms with Gasteiger partial charge >= 0.3 is 12.2 Å². The Morgan fingerprint density at radius 2 is 1.17 bits per heavy atom. The minimum Gasteiger partial charge on any atom is -0.444 e. The van der Waals surface area contributed by atoms with Gasteiger partial charge in [0.1, 0.15) is 22.9 Å². The number of ether oxygens (including phenoxy) is 2. The number of rotatable bonds is 5. The number of fused-ring (bicyclic) bond motifs is 4. The van der Waals surface area contributed by atoms with E-state index in [4.69, 9.17) is 24.4 Å². The zero-order valence-corrected chi connectivity index (χ0v) is 31.6. The molecule has 274 valence electrons. The van der Waals surface area contributed by atoms with E-state index in [1.165, 1.54) is 0 Å². The molecule has 4 bridgehead atoms. The third kappa shape index (κ3) is 6.26. The summed E-state index contributed by atoms with van der Waals surface area (Å²) in [6, 6.07) is 8.73. The third-order valence-electron chi connectivity index (χ3n) is 11.3. The number of aromatic nitrogens is 5. The maximum absolute atomic E-state index is 13.2. The van der Waals surface area contributed by atoms with Gasteiger partial charge in [-0.15, -0.1) is 0 Å². The van der Waals surface area contributed by atoms with E-state index >= 15 is 0 Å². The molecule has 1 aromatic carbocycles. The molecular weight excluding hydrogens is 654 g/mol. The highest BCUT2D eigenvalue weighted by Gasteiger charge is 2.52. The average molecular weight is 706 g/mol. The molecule has 2 N–H and O–H groups in total. The van der Waals surface area contributed by atoms with E-state index in [1.54, 1.807) is 0 Å². The average Bonchev–Trinajstić information content (AvgIpc) is 3.91. The van der Waals surface area contributed by atoms with Crippen LogP contribution in [0.3, 0.4) is 0 Å². The molecule has 4 aliphatic rings. The van der Waals surface area contributed by atoms with Crippen molar-refractivity contribution in [3.05, 3.63) is 65.6 Å². The van der Waals surface area contributed by atoms with Gasteiger partial charge < -0.3 is 19.4 Å². The predicted octanol–water partition coefficient (Wildman–Crippen LogP) is 9.07. The molecule has 11 nitrogen and oxygen atoms in total. The number of hydrogen-bond acceptors (Lipinski definition) is 7. The smallest absolute Gasteiger partial charge is 0.411 e. The minimum absolute atomic E-state index is 0.101. The molecule has 2 saturated carbocycles. The molecular formula is C41H51N7O4. The topological polar surface area (TPSA) is 129 Å². The van der Waals surface area contributed by atoms with Gasteiger partial charge in [0.2, 0.25) is 0 Å². The zero-order chi connectivity index (χ0) is 36.7. The predicted molar refractivity (Wildman–Crippen MR) is 198 cm³/mol. The largest absolute Gasteiger partial charge is 0.444 e. The molecule has 6 atom stereocenters.